The first-order valence-electron chi connectivity index (χ1n) is 9.63. The summed E-state index contributed by atoms with van der Waals surface area (Å²) in [4.78, 5) is 12.4. The maximum absolute atomic E-state index is 12.4. The molecule has 0 aliphatic heterocycles. The van der Waals surface area contributed by atoms with Crippen molar-refractivity contribution >= 4 is 11.6 Å². The Labute approximate surface area is 171 Å². The topological polar surface area (TPSA) is 56.8 Å². The van der Waals surface area contributed by atoms with Crippen LogP contribution in [0.15, 0.2) is 78.9 Å². The number of carbonyl (C=O) groups excluding carboxylic acids is 1. The van der Waals surface area contributed by atoms with Crippen LogP contribution in [0.4, 0.5) is 5.69 Å². The number of hydrogen-bond acceptors (Lipinski definition) is 4. The zero-order valence-electron chi connectivity index (χ0n) is 16.5. The van der Waals surface area contributed by atoms with Crippen molar-refractivity contribution in [3.8, 4) is 11.5 Å². The van der Waals surface area contributed by atoms with Crippen molar-refractivity contribution < 1.29 is 19.0 Å². The maximum atomic E-state index is 12.4. The van der Waals surface area contributed by atoms with Crippen LogP contribution >= 0.6 is 0 Å². The van der Waals surface area contributed by atoms with E-state index in [1.54, 1.807) is 24.3 Å². The molecule has 3 rings (SSSR count). The van der Waals surface area contributed by atoms with Gasteiger partial charge in [0.1, 0.15) is 24.7 Å². The molecule has 0 aliphatic carbocycles. The Bertz CT molecular complexity index is 877. The van der Waals surface area contributed by atoms with E-state index in [9.17, 15) is 4.79 Å². The zero-order valence-corrected chi connectivity index (χ0v) is 16.5. The lowest BCUT2D eigenvalue weighted by Gasteiger charge is -2.09. The molecule has 0 spiro atoms. The van der Waals surface area contributed by atoms with Gasteiger partial charge in [-0.15, -0.1) is 0 Å². The normalized spacial score (nSPS) is 10.4. The fraction of sp³-hybridized carbons (Fsp3) is 0.208. The van der Waals surface area contributed by atoms with E-state index in [-0.39, 0.29) is 5.91 Å². The van der Waals surface area contributed by atoms with Crippen molar-refractivity contribution in [1.29, 1.82) is 0 Å². The Morgan fingerprint density at radius 3 is 2.14 bits per heavy atom. The summed E-state index contributed by atoms with van der Waals surface area (Å²) in [5.74, 6) is 1.28. The molecule has 0 aromatic heterocycles. The first-order valence-corrected chi connectivity index (χ1v) is 9.63. The van der Waals surface area contributed by atoms with Gasteiger partial charge in [0.15, 0.2) is 0 Å². The van der Waals surface area contributed by atoms with E-state index in [0.717, 1.165) is 17.1 Å². The van der Waals surface area contributed by atoms with Crippen LogP contribution in [0.1, 0.15) is 22.8 Å². The van der Waals surface area contributed by atoms with Crippen LogP contribution in [0.25, 0.3) is 0 Å². The number of carbonyl (C=O) groups is 1. The van der Waals surface area contributed by atoms with Gasteiger partial charge in [0, 0.05) is 17.9 Å². The molecule has 0 aliphatic rings. The lowest BCUT2D eigenvalue weighted by molar-refractivity contribution is 0.102. The summed E-state index contributed by atoms with van der Waals surface area (Å²) in [6, 6.07) is 24.3. The third-order valence-electron chi connectivity index (χ3n) is 4.18. The predicted molar refractivity (Wildman–Crippen MR) is 114 cm³/mol. The van der Waals surface area contributed by atoms with Crippen LogP contribution in [0.3, 0.4) is 0 Å². The molecule has 0 saturated heterocycles. The molecule has 3 aromatic rings. The molecule has 0 heterocycles. The fourth-order valence-corrected chi connectivity index (χ4v) is 2.64. The lowest BCUT2D eigenvalue weighted by atomic mass is 10.2. The minimum Gasteiger partial charge on any atom is -0.491 e. The van der Waals surface area contributed by atoms with Crippen molar-refractivity contribution in [2.45, 2.75) is 13.5 Å². The molecule has 0 bridgehead atoms. The number of rotatable bonds is 10. The monoisotopic (exact) mass is 391 g/mol. The van der Waals surface area contributed by atoms with Gasteiger partial charge >= 0.3 is 0 Å². The van der Waals surface area contributed by atoms with E-state index in [1.807, 2.05) is 61.5 Å². The van der Waals surface area contributed by atoms with Gasteiger partial charge in [-0.1, -0.05) is 30.3 Å². The van der Waals surface area contributed by atoms with Crippen molar-refractivity contribution in [2.24, 2.45) is 0 Å². The minimum absolute atomic E-state index is 0.176. The number of amides is 1. The van der Waals surface area contributed by atoms with Gasteiger partial charge < -0.3 is 19.5 Å². The van der Waals surface area contributed by atoms with E-state index in [0.29, 0.717) is 37.7 Å². The fourth-order valence-electron chi connectivity index (χ4n) is 2.64. The first kappa shape index (κ1) is 20.4. The third-order valence-corrected chi connectivity index (χ3v) is 4.18. The van der Waals surface area contributed by atoms with E-state index in [4.69, 9.17) is 14.2 Å². The van der Waals surface area contributed by atoms with Crippen LogP contribution in [-0.4, -0.2) is 25.7 Å². The molecule has 0 atom stereocenters. The highest BCUT2D eigenvalue weighted by molar-refractivity contribution is 6.04. The van der Waals surface area contributed by atoms with Crippen molar-refractivity contribution in [3.63, 3.8) is 0 Å². The second-order valence-electron chi connectivity index (χ2n) is 6.32. The third kappa shape index (κ3) is 6.66. The molecule has 5 nitrogen and oxygen atoms in total. The maximum Gasteiger partial charge on any atom is 0.255 e. The van der Waals surface area contributed by atoms with E-state index in [1.165, 1.54) is 0 Å². The summed E-state index contributed by atoms with van der Waals surface area (Å²) in [5.41, 5.74) is 2.37. The summed E-state index contributed by atoms with van der Waals surface area (Å²) in [6.07, 6.45) is 0. The molecular formula is C24H25NO4. The molecule has 150 valence electrons. The SMILES string of the molecule is CCOCCOc1ccc(NC(=O)c2ccc(OCc3ccccc3)cc2)cc1. The Hall–Kier alpha value is -3.31. The summed E-state index contributed by atoms with van der Waals surface area (Å²) in [5, 5.41) is 2.88. The molecule has 29 heavy (non-hydrogen) atoms. The lowest BCUT2D eigenvalue weighted by Crippen LogP contribution is -2.11. The number of hydrogen-bond donors (Lipinski definition) is 1. The molecule has 0 radical (unpaired) electrons. The second kappa shape index (κ2) is 10.9. The molecule has 3 aromatic carbocycles. The van der Waals surface area contributed by atoms with Crippen LogP contribution in [0.2, 0.25) is 0 Å². The highest BCUT2D eigenvalue weighted by Crippen LogP contribution is 2.18. The largest absolute Gasteiger partial charge is 0.491 e. The highest BCUT2D eigenvalue weighted by atomic mass is 16.5. The van der Waals surface area contributed by atoms with Crippen molar-refractivity contribution in [3.05, 3.63) is 90.0 Å². The van der Waals surface area contributed by atoms with Crippen LogP contribution in [0.5, 0.6) is 11.5 Å². The molecule has 0 unspecified atom stereocenters. The Morgan fingerprint density at radius 1 is 0.793 bits per heavy atom. The van der Waals surface area contributed by atoms with Crippen molar-refractivity contribution in [1.82, 2.24) is 0 Å². The van der Waals surface area contributed by atoms with Crippen LogP contribution < -0.4 is 14.8 Å². The molecule has 1 amide bonds. The van der Waals surface area contributed by atoms with Gasteiger partial charge in [0.25, 0.3) is 5.91 Å². The van der Waals surface area contributed by atoms with Crippen molar-refractivity contribution in [2.75, 3.05) is 25.1 Å². The standard InChI is InChI=1S/C24H25NO4/c1-2-27-16-17-28-22-14-10-21(11-15-22)25-24(26)20-8-12-23(13-9-20)29-18-19-6-4-3-5-7-19/h3-15H,2,16-18H2,1H3,(H,25,26). The van der Waals surface area contributed by atoms with Gasteiger partial charge in [-0.05, 0) is 61.0 Å². The summed E-state index contributed by atoms with van der Waals surface area (Å²) >= 11 is 0. The Balaban J connectivity index is 1.48. The van der Waals surface area contributed by atoms with E-state index >= 15 is 0 Å². The van der Waals surface area contributed by atoms with Gasteiger partial charge in [-0.3, -0.25) is 4.79 Å². The second-order valence-corrected chi connectivity index (χ2v) is 6.32. The van der Waals surface area contributed by atoms with Crippen LogP contribution in [0, 0.1) is 0 Å². The Kier molecular flexibility index (Phi) is 7.66. The average molecular weight is 391 g/mol. The van der Waals surface area contributed by atoms with Crippen LogP contribution in [-0.2, 0) is 11.3 Å². The highest BCUT2D eigenvalue weighted by Gasteiger charge is 2.07. The molecule has 5 heteroatoms. The van der Waals surface area contributed by atoms with Gasteiger partial charge in [0.05, 0.1) is 6.61 Å². The van der Waals surface area contributed by atoms with Gasteiger partial charge in [-0.2, -0.15) is 0 Å². The number of ether oxygens (including phenoxy) is 3. The number of benzene rings is 3. The number of anilines is 1. The number of nitrogens with one attached hydrogen (secondary N) is 1. The quantitative estimate of drug-likeness (QED) is 0.498. The summed E-state index contributed by atoms with van der Waals surface area (Å²) in [7, 11) is 0. The molecule has 1 N–H and O–H groups in total. The predicted octanol–water partition coefficient (Wildman–Crippen LogP) is 4.93. The van der Waals surface area contributed by atoms with E-state index in [2.05, 4.69) is 5.32 Å². The minimum atomic E-state index is -0.176. The molecule has 0 fully saturated rings. The zero-order chi connectivity index (χ0) is 20.3. The molecular weight excluding hydrogens is 366 g/mol. The van der Waals surface area contributed by atoms with Gasteiger partial charge in [0.2, 0.25) is 0 Å². The summed E-state index contributed by atoms with van der Waals surface area (Å²) in [6.45, 7) is 4.17. The Morgan fingerprint density at radius 2 is 1.45 bits per heavy atom. The molecule has 0 saturated carbocycles. The van der Waals surface area contributed by atoms with E-state index < -0.39 is 0 Å². The smallest absolute Gasteiger partial charge is 0.255 e. The first-order chi connectivity index (χ1) is 14.2. The van der Waals surface area contributed by atoms with Gasteiger partial charge in [-0.25, -0.2) is 0 Å². The average Bonchev–Trinajstić information content (AvgIpc) is 2.77. The summed E-state index contributed by atoms with van der Waals surface area (Å²) < 4.78 is 16.6.